The number of nitro benzene ring substituents is 1. The molecule has 4 aromatic rings. The van der Waals surface area contributed by atoms with Gasteiger partial charge in [0.1, 0.15) is 5.75 Å². The van der Waals surface area contributed by atoms with Gasteiger partial charge in [-0.15, -0.1) is 0 Å². The van der Waals surface area contributed by atoms with Gasteiger partial charge >= 0.3 is 0 Å². The molecule has 0 spiro atoms. The Kier molecular flexibility index (Phi) is 4.60. The van der Waals surface area contributed by atoms with Crippen molar-refractivity contribution in [3.8, 4) is 34.0 Å². The maximum Gasteiger partial charge on any atom is 0.270 e. The second-order valence-corrected chi connectivity index (χ2v) is 6.20. The molecule has 0 N–H and O–H groups in total. The first kappa shape index (κ1) is 17.5. The van der Waals surface area contributed by atoms with Crippen molar-refractivity contribution in [2.24, 2.45) is 0 Å². The van der Waals surface area contributed by atoms with Crippen molar-refractivity contribution < 1.29 is 9.66 Å². The molecule has 0 aliphatic heterocycles. The normalized spacial score (nSPS) is 10.6. The summed E-state index contributed by atoms with van der Waals surface area (Å²) in [6.07, 6.45) is 0. The first-order valence-corrected chi connectivity index (χ1v) is 8.70. The smallest absolute Gasteiger partial charge is 0.270 e. The Morgan fingerprint density at radius 2 is 1.64 bits per heavy atom. The van der Waals surface area contributed by atoms with Crippen LogP contribution in [0.4, 0.5) is 5.69 Å². The number of nitrogens with zero attached hydrogens (tertiary/aromatic N) is 3. The molecule has 0 fully saturated rings. The van der Waals surface area contributed by atoms with Crippen LogP contribution < -0.4 is 4.74 Å². The monoisotopic (exact) mass is 371 g/mol. The van der Waals surface area contributed by atoms with Crippen LogP contribution >= 0.6 is 0 Å². The molecule has 1 aromatic heterocycles. The van der Waals surface area contributed by atoms with Gasteiger partial charge in [0.25, 0.3) is 5.69 Å². The lowest BCUT2D eigenvalue weighted by Crippen LogP contribution is -1.99. The van der Waals surface area contributed by atoms with Gasteiger partial charge in [0.05, 0.1) is 29.1 Å². The number of para-hydroxylation sites is 1. The highest BCUT2D eigenvalue weighted by molar-refractivity contribution is 5.72. The molecule has 0 saturated heterocycles. The van der Waals surface area contributed by atoms with E-state index in [1.165, 1.54) is 6.07 Å². The van der Waals surface area contributed by atoms with Crippen LogP contribution in [0.1, 0.15) is 0 Å². The van der Waals surface area contributed by atoms with E-state index in [1.807, 2.05) is 66.7 Å². The fourth-order valence-corrected chi connectivity index (χ4v) is 3.03. The molecule has 1 heterocycles. The van der Waals surface area contributed by atoms with Gasteiger partial charge in [-0.3, -0.25) is 10.1 Å². The minimum atomic E-state index is -0.392. The summed E-state index contributed by atoms with van der Waals surface area (Å²) in [5.74, 6) is 0.769. The Bertz CT molecular complexity index is 1120. The van der Waals surface area contributed by atoms with E-state index in [1.54, 1.807) is 23.9 Å². The van der Waals surface area contributed by atoms with Gasteiger partial charge in [-0.1, -0.05) is 30.3 Å². The van der Waals surface area contributed by atoms with Crippen LogP contribution in [-0.2, 0) is 0 Å². The molecule has 0 aliphatic carbocycles. The minimum Gasteiger partial charge on any atom is -0.497 e. The molecule has 0 amide bonds. The topological polar surface area (TPSA) is 70.2 Å². The summed E-state index contributed by atoms with van der Waals surface area (Å²) in [5.41, 5.74) is 4.13. The minimum absolute atomic E-state index is 0.0457. The average molecular weight is 371 g/mol. The van der Waals surface area contributed by atoms with Crippen LogP contribution in [0.25, 0.3) is 28.2 Å². The third kappa shape index (κ3) is 3.35. The lowest BCUT2D eigenvalue weighted by Gasteiger charge is -2.07. The van der Waals surface area contributed by atoms with Gasteiger partial charge in [0, 0.05) is 23.3 Å². The number of ether oxygens (including phenoxy) is 1. The predicted molar refractivity (Wildman–Crippen MR) is 108 cm³/mol. The largest absolute Gasteiger partial charge is 0.497 e. The second-order valence-electron chi connectivity index (χ2n) is 6.20. The summed E-state index contributed by atoms with van der Waals surface area (Å²) in [6.45, 7) is 0. The van der Waals surface area contributed by atoms with Gasteiger partial charge in [0.2, 0.25) is 0 Å². The van der Waals surface area contributed by atoms with E-state index in [9.17, 15) is 10.1 Å². The van der Waals surface area contributed by atoms with E-state index in [0.717, 1.165) is 34.0 Å². The van der Waals surface area contributed by atoms with E-state index in [-0.39, 0.29) is 5.69 Å². The standard InChI is InChI=1S/C22H17N3O3/c1-28-20-12-10-16(11-13-20)21-15-22(17-6-5-9-19(14-17)25(26)27)24(23-21)18-7-3-2-4-8-18/h2-15H,1H3. The van der Waals surface area contributed by atoms with Gasteiger partial charge in [0.15, 0.2) is 0 Å². The van der Waals surface area contributed by atoms with E-state index in [2.05, 4.69) is 0 Å². The predicted octanol–water partition coefficient (Wildman–Crippen LogP) is 5.12. The summed E-state index contributed by atoms with van der Waals surface area (Å²) in [5, 5.41) is 16.0. The molecule has 4 rings (SSSR count). The fourth-order valence-electron chi connectivity index (χ4n) is 3.03. The summed E-state index contributed by atoms with van der Waals surface area (Å²) < 4.78 is 7.02. The third-order valence-electron chi connectivity index (χ3n) is 4.45. The Hall–Kier alpha value is -3.93. The van der Waals surface area contributed by atoms with E-state index >= 15 is 0 Å². The molecule has 0 unspecified atom stereocenters. The lowest BCUT2D eigenvalue weighted by molar-refractivity contribution is -0.384. The Balaban J connectivity index is 1.87. The molecule has 0 aliphatic rings. The summed E-state index contributed by atoms with van der Waals surface area (Å²) in [7, 11) is 1.62. The zero-order valence-corrected chi connectivity index (χ0v) is 15.1. The van der Waals surface area contributed by atoms with Crippen molar-refractivity contribution in [1.29, 1.82) is 0 Å². The van der Waals surface area contributed by atoms with E-state index in [4.69, 9.17) is 9.84 Å². The van der Waals surface area contributed by atoms with E-state index < -0.39 is 4.92 Å². The van der Waals surface area contributed by atoms with Gasteiger partial charge in [-0.2, -0.15) is 5.10 Å². The molecule has 6 nitrogen and oxygen atoms in total. The van der Waals surface area contributed by atoms with Crippen molar-refractivity contribution in [3.05, 3.63) is 95.0 Å². The van der Waals surface area contributed by atoms with Crippen LogP contribution in [-0.4, -0.2) is 21.8 Å². The average Bonchev–Trinajstić information content (AvgIpc) is 3.20. The zero-order chi connectivity index (χ0) is 19.5. The molecule has 0 radical (unpaired) electrons. The van der Waals surface area contributed by atoms with Gasteiger partial charge < -0.3 is 4.74 Å². The Morgan fingerprint density at radius 1 is 0.893 bits per heavy atom. The number of methoxy groups -OCH3 is 1. The van der Waals surface area contributed by atoms with Gasteiger partial charge in [-0.25, -0.2) is 4.68 Å². The maximum atomic E-state index is 11.2. The molecule has 6 heteroatoms. The summed E-state index contributed by atoms with van der Waals surface area (Å²) in [4.78, 5) is 10.8. The quantitative estimate of drug-likeness (QED) is 0.360. The highest BCUT2D eigenvalue weighted by Gasteiger charge is 2.15. The molecule has 0 saturated carbocycles. The summed E-state index contributed by atoms with van der Waals surface area (Å²) >= 11 is 0. The SMILES string of the molecule is COc1ccc(-c2cc(-c3cccc([N+](=O)[O-])c3)n(-c3ccccc3)n2)cc1. The lowest BCUT2D eigenvalue weighted by atomic mass is 10.1. The number of hydrogen-bond donors (Lipinski definition) is 0. The molecular weight excluding hydrogens is 354 g/mol. The Labute approximate surface area is 161 Å². The van der Waals surface area contributed by atoms with Crippen LogP contribution in [0.3, 0.4) is 0 Å². The molecule has 28 heavy (non-hydrogen) atoms. The zero-order valence-electron chi connectivity index (χ0n) is 15.1. The molecule has 3 aromatic carbocycles. The number of nitro groups is 1. The number of rotatable bonds is 5. The van der Waals surface area contributed by atoms with Crippen molar-refractivity contribution >= 4 is 5.69 Å². The van der Waals surface area contributed by atoms with Crippen molar-refractivity contribution in [1.82, 2.24) is 9.78 Å². The van der Waals surface area contributed by atoms with Crippen molar-refractivity contribution in [3.63, 3.8) is 0 Å². The molecule has 0 atom stereocenters. The number of aromatic nitrogens is 2. The van der Waals surface area contributed by atoms with Crippen molar-refractivity contribution in [2.45, 2.75) is 0 Å². The van der Waals surface area contributed by atoms with Crippen LogP contribution in [0.15, 0.2) is 84.9 Å². The Morgan fingerprint density at radius 3 is 2.32 bits per heavy atom. The maximum absolute atomic E-state index is 11.2. The first-order chi connectivity index (χ1) is 13.7. The summed E-state index contributed by atoms with van der Waals surface area (Å²) in [6, 6.07) is 25.9. The van der Waals surface area contributed by atoms with E-state index in [0.29, 0.717) is 0 Å². The number of benzene rings is 3. The van der Waals surface area contributed by atoms with Crippen molar-refractivity contribution in [2.75, 3.05) is 7.11 Å². The van der Waals surface area contributed by atoms with Crippen LogP contribution in [0.5, 0.6) is 5.75 Å². The second kappa shape index (κ2) is 7.36. The highest BCUT2D eigenvalue weighted by atomic mass is 16.6. The van der Waals surface area contributed by atoms with Gasteiger partial charge in [-0.05, 0) is 42.5 Å². The van der Waals surface area contributed by atoms with Crippen LogP contribution in [0.2, 0.25) is 0 Å². The van der Waals surface area contributed by atoms with Crippen LogP contribution in [0, 0.1) is 10.1 Å². The highest BCUT2D eigenvalue weighted by Crippen LogP contribution is 2.31. The number of non-ortho nitro benzene ring substituents is 1. The molecule has 138 valence electrons. The molecular formula is C22H17N3O3. The molecule has 0 bridgehead atoms. The third-order valence-corrected chi connectivity index (χ3v) is 4.45. The number of hydrogen-bond acceptors (Lipinski definition) is 4. The first-order valence-electron chi connectivity index (χ1n) is 8.70. The fraction of sp³-hybridized carbons (Fsp3) is 0.0455.